The second-order valence-electron chi connectivity index (χ2n) is 12.4. The van der Waals surface area contributed by atoms with E-state index in [-0.39, 0.29) is 28.5 Å². The lowest BCUT2D eigenvalue weighted by molar-refractivity contribution is 0.0957. The van der Waals surface area contributed by atoms with Crippen LogP contribution in [0.3, 0.4) is 0 Å². The Labute approximate surface area is 319 Å². The largest absolute Gasteiger partial charge is 0.348 e. The van der Waals surface area contributed by atoms with Crippen LogP contribution in [-0.2, 0) is 13.1 Å². The van der Waals surface area contributed by atoms with E-state index >= 15 is 0 Å². The molecule has 0 unspecified atom stereocenters. The highest BCUT2D eigenvalue weighted by molar-refractivity contribution is 6.02. The summed E-state index contributed by atoms with van der Waals surface area (Å²) in [6.45, 7) is 4.73. The van der Waals surface area contributed by atoms with Crippen LogP contribution in [0, 0.1) is 57.3 Å². The minimum Gasteiger partial charge on any atom is -0.348 e. The Morgan fingerprint density at radius 2 is 0.929 bits per heavy atom. The lowest BCUT2D eigenvalue weighted by Gasteiger charge is -2.14. The van der Waals surface area contributed by atoms with E-state index in [2.05, 4.69) is 16.7 Å². The summed E-state index contributed by atoms with van der Waals surface area (Å²) < 4.78 is 56.4. The summed E-state index contributed by atoms with van der Waals surface area (Å²) in [6, 6.07) is 32.7. The molecule has 0 radical (unpaired) electrons. The first kappa shape index (κ1) is 38.2. The van der Waals surface area contributed by atoms with Gasteiger partial charge in [0.25, 0.3) is 11.8 Å². The Balaban J connectivity index is 0.000000182. The monoisotopic (exact) mass is 747 g/mol. The fraction of sp³-hybridized carbons (Fsp3) is 0.0889. The number of benzene rings is 6. The molecule has 0 atom stereocenters. The highest BCUT2D eigenvalue weighted by Crippen LogP contribution is 2.39. The first-order valence-electron chi connectivity index (χ1n) is 17.4. The normalized spacial score (nSPS) is 11.9. The number of carbonyl (C=O) groups excluding carboxylic acids is 2. The maximum atomic E-state index is 14.7. The van der Waals surface area contributed by atoms with E-state index < -0.39 is 23.3 Å². The molecule has 2 aliphatic heterocycles. The van der Waals surface area contributed by atoms with Crippen LogP contribution in [0.15, 0.2) is 103 Å². The van der Waals surface area contributed by atoms with Crippen LogP contribution in [0.5, 0.6) is 0 Å². The zero-order valence-electron chi connectivity index (χ0n) is 29.9. The molecule has 0 saturated carbocycles. The summed E-state index contributed by atoms with van der Waals surface area (Å²) in [4.78, 5) is 24.1. The van der Waals surface area contributed by atoms with Crippen LogP contribution in [-0.4, -0.2) is 11.8 Å². The van der Waals surface area contributed by atoms with Crippen molar-refractivity contribution >= 4 is 11.8 Å². The van der Waals surface area contributed by atoms with Gasteiger partial charge in [-0.05, 0) is 117 Å². The molecule has 0 aliphatic carbocycles. The molecule has 7 nitrogen and oxygen atoms in total. The standard InChI is InChI=1S/C22H12FN3O.C21H11F3N2O.C2H6/c23-21-7-14(11-25)4-5-17(21)20-9-19-16(12-26-22(19)27)8-18(20)15-3-1-2-13(6-15)10-24;22-18-5-4-14(19(23)20(18)24)17-8-16-13(10-26-21(16)27)7-15(17)12-3-1-2-11(6-12)9-25;1-2/h1-9H,12H2,(H,26,27);1-8H,10H2,(H,26,27);1-2H3. The molecular weight excluding hydrogens is 719 g/mol. The first-order chi connectivity index (χ1) is 27.1. The Hall–Kier alpha value is -7.55. The number of nitrogens with zero attached hydrogens (tertiary/aromatic N) is 3. The lowest BCUT2D eigenvalue weighted by atomic mass is 9.89. The molecule has 2 aliphatic rings. The van der Waals surface area contributed by atoms with Crippen molar-refractivity contribution in [3.05, 3.63) is 165 Å². The van der Waals surface area contributed by atoms with E-state index in [4.69, 9.17) is 10.5 Å². The molecule has 8 rings (SSSR count). The number of fused-ring (bicyclic) bond motifs is 2. The molecule has 2 heterocycles. The maximum Gasteiger partial charge on any atom is 0.251 e. The zero-order chi connectivity index (χ0) is 40.1. The minimum absolute atomic E-state index is 0.159. The highest BCUT2D eigenvalue weighted by Gasteiger charge is 2.26. The summed E-state index contributed by atoms with van der Waals surface area (Å²) in [5.41, 5.74) is 7.07. The smallest absolute Gasteiger partial charge is 0.251 e. The number of amides is 2. The van der Waals surface area contributed by atoms with Gasteiger partial charge in [-0.15, -0.1) is 0 Å². The summed E-state index contributed by atoms with van der Waals surface area (Å²) in [5.74, 6) is -5.24. The van der Waals surface area contributed by atoms with Crippen LogP contribution in [0.25, 0.3) is 44.5 Å². The molecule has 0 aromatic heterocycles. The second kappa shape index (κ2) is 16.2. The van der Waals surface area contributed by atoms with E-state index in [9.17, 15) is 32.4 Å². The second-order valence-corrected chi connectivity index (χ2v) is 12.4. The molecule has 6 aromatic rings. The van der Waals surface area contributed by atoms with Gasteiger partial charge in [0.05, 0.1) is 34.9 Å². The van der Waals surface area contributed by atoms with Gasteiger partial charge in [0, 0.05) is 35.3 Å². The van der Waals surface area contributed by atoms with Gasteiger partial charge in [0.2, 0.25) is 0 Å². The molecule has 11 heteroatoms. The number of rotatable bonds is 4. The topological polar surface area (TPSA) is 130 Å². The predicted molar refractivity (Wildman–Crippen MR) is 202 cm³/mol. The van der Waals surface area contributed by atoms with Crippen molar-refractivity contribution in [2.24, 2.45) is 0 Å². The number of halogens is 4. The van der Waals surface area contributed by atoms with Gasteiger partial charge in [-0.1, -0.05) is 44.2 Å². The van der Waals surface area contributed by atoms with Crippen molar-refractivity contribution < 1.29 is 27.2 Å². The molecular formula is C45H29F4N5O2. The summed E-state index contributed by atoms with van der Waals surface area (Å²) in [5, 5.41) is 32.8. The van der Waals surface area contributed by atoms with Gasteiger partial charge in [-0.2, -0.15) is 15.8 Å². The maximum absolute atomic E-state index is 14.7. The highest BCUT2D eigenvalue weighted by atomic mass is 19.2. The van der Waals surface area contributed by atoms with Gasteiger partial charge in [-0.3, -0.25) is 9.59 Å². The third-order valence-electron chi connectivity index (χ3n) is 9.17. The molecule has 2 N–H and O–H groups in total. The van der Waals surface area contributed by atoms with Crippen LogP contribution < -0.4 is 10.6 Å². The van der Waals surface area contributed by atoms with Crippen molar-refractivity contribution in [3.63, 3.8) is 0 Å². The van der Waals surface area contributed by atoms with Crippen molar-refractivity contribution in [2.75, 3.05) is 0 Å². The summed E-state index contributed by atoms with van der Waals surface area (Å²) >= 11 is 0. The Morgan fingerprint density at radius 1 is 0.464 bits per heavy atom. The van der Waals surface area contributed by atoms with Crippen molar-refractivity contribution in [1.29, 1.82) is 15.8 Å². The lowest BCUT2D eigenvalue weighted by Crippen LogP contribution is -2.12. The van der Waals surface area contributed by atoms with Gasteiger partial charge in [0.1, 0.15) is 5.82 Å². The third kappa shape index (κ3) is 7.33. The van der Waals surface area contributed by atoms with Gasteiger partial charge in [-0.25, -0.2) is 17.6 Å². The van der Waals surface area contributed by atoms with Gasteiger partial charge < -0.3 is 10.6 Å². The quantitative estimate of drug-likeness (QED) is 0.137. The van der Waals surface area contributed by atoms with E-state index in [1.165, 1.54) is 12.1 Å². The summed E-state index contributed by atoms with van der Waals surface area (Å²) in [6.07, 6.45) is 0. The average molecular weight is 748 g/mol. The molecule has 0 saturated heterocycles. The van der Waals surface area contributed by atoms with Gasteiger partial charge in [0.15, 0.2) is 17.5 Å². The molecule has 0 bridgehead atoms. The van der Waals surface area contributed by atoms with E-state index in [0.717, 1.165) is 28.8 Å². The van der Waals surface area contributed by atoms with Crippen molar-refractivity contribution in [3.8, 4) is 62.7 Å². The van der Waals surface area contributed by atoms with Gasteiger partial charge >= 0.3 is 0 Å². The number of hydrogen-bond donors (Lipinski definition) is 2. The average Bonchev–Trinajstić information content (AvgIpc) is 3.80. The number of carbonyl (C=O) groups is 2. The zero-order valence-corrected chi connectivity index (χ0v) is 29.9. The van der Waals surface area contributed by atoms with E-state index in [1.54, 1.807) is 66.7 Å². The fourth-order valence-corrected chi connectivity index (χ4v) is 6.52. The Morgan fingerprint density at radius 3 is 1.41 bits per heavy atom. The van der Waals surface area contributed by atoms with E-state index in [1.807, 2.05) is 38.1 Å². The minimum atomic E-state index is -1.57. The van der Waals surface area contributed by atoms with Crippen molar-refractivity contribution in [2.45, 2.75) is 26.9 Å². The van der Waals surface area contributed by atoms with Crippen LogP contribution in [0.4, 0.5) is 17.6 Å². The molecule has 6 aromatic carbocycles. The first-order valence-corrected chi connectivity index (χ1v) is 17.4. The molecule has 2 amide bonds. The van der Waals surface area contributed by atoms with E-state index in [0.29, 0.717) is 63.2 Å². The van der Waals surface area contributed by atoms with Crippen LogP contribution in [0.1, 0.15) is 62.4 Å². The Kier molecular flexibility index (Phi) is 11.1. The van der Waals surface area contributed by atoms with Crippen molar-refractivity contribution in [1.82, 2.24) is 10.6 Å². The third-order valence-corrected chi connectivity index (χ3v) is 9.17. The predicted octanol–water partition coefficient (Wildman–Crippen LogP) is 9.73. The molecule has 0 fully saturated rings. The van der Waals surface area contributed by atoms with Crippen LogP contribution in [0.2, 0.25) is 0 Å². The SMILES string of the molecule is CC.N#Cc1cccc(-c2cc3c(cc2-c2ccc(C#N)cc2F)C(=O)NC3)c1.N#Cc1cccc(-c2cc3c(cc2-c2ccc(F)c(F)c2F)C(=O)NC3)c1. The Bertz CT molecular complexity index is 2710. The summed E-state index contributed by atoms with van der Waals surface area (Å²) in [7, 11) is 0. The number of hydrogen-bond acceptors (Lipinski definition) is 5. The fourth-order valence-electron chi connectivity index (χ4n) is 6.52. The molecule has 0 spiro atoms. The molecule has 274 valence electrons. The molecule has 56 heavy (non-hydrogen) atoms. The number of nitriles is 3. The number of nitrogens with one attached hydrogen (secondary N) is 2. The van der Waals surface area contributed by atoms with Crippen LogP contribution >= 0.6 is 0 Å².